The number of benzene rings is 3. The second-order valence-corrected chi connectivity index (χ2v) is 7.84. The Kier molecular flexibility index (Phi) is 7.76. The zero-order valence-corrected chi connectivity index (χ0v) is 19.9. The molecule has 0 saturated heterocycles. The molecule has 0 spiro atoms. The normalized spacial score (nSPS) is 10.4. The minimum absolute atomic E-state index is 0. The van der Waals surface area contributed by atoms with Crippen molar-refractivity contribution in [2.75, 3.05) is 7.05 Å². The summed E-state index contributed by atoms with van der Waals surface area (Å²) in [5.41, 5.74) is 6.54. The summed E-state index contributed by atoms with van der Waals surface area (Å²) >= 11 is 0. The minimum Gasteiger partial charge on any atom is -0.478 e. The fourth-order valence-electron chi connectivity index (χ4n) is 3.47. The summed E-state index contributed by atoms with van der Waals surface area (Å²) in [6, 6.07) is 19.0. The molecule has 0 aliphatic carbocycles. The topological polar surface area (TPSA) is 147 Å². The molecule has 0 aliphatic heterocycles. The van der Waals surface area contributed by atoms with Gasteiger partial charge < -0.3 is 24.9 Å². The van der Waals surface area contributed by atoms with Crippen molar-refractivity contribution in [3.05, 3.63) is 101 Å². The lowest BCUT2D eigenvalue weighted by molar-refractivity contribution is 0.0684. The number of nitrogens with two attached hydrogens (primary N) is 1. The third-order valence-electron chi connectivity index (χ3n) is 5.31. The van der Waals surface area contributed by atoms with E-state index in [0.717, 1.165) is 10.8 Å². The quantitative estimate of drug-likeness (QED) is 0.146. The van der Waals surface area contributed by atoms with Crippen LogP contribution in [-0.4, -0.2) is 40.7 Å². The van der Waals surface area contributed by atoms with Crippen LogP contribution in [0.25, 0.3) is 10.8 Å². The number of carboxylic acid groups (broad SMARTS) is 1. The lowest BCUT2D eigenvalue weighted by Gasteiger charge is -2.15. The average molecular weight is 508 g/mol. The molecule has 0 unspecified atom stereocenters. The highest BCUT2D eigenvalue weighted by Gasteiger charge is 2.18. The van der Waals surface area contributed by atoms with Gasteiger partial charge in [-0.25, -0.2) is 9.59 Å². The first-order chi connectivity index (χ1) is 16.7. The summed E-state index contributed by atoms with van der Waals surface area (Å²) in [6.07, 6.45) is 0. The predicted molar refractivity (Wildman–Crippen MR) is 135 cm³/mol. The fourth-order valence-corrected chi connectivity index (χ4v) is 3.47. The van der Waals surface area contributed by atoms with E-state index in [1.165, 1.54) is 35.2 Å². The van der Waals surface area contributed by atoms with Crippen LogP contribution >= 0.6 is 12.4 Å². The van der Waals surface area contributed by atoms with Crippen LogP contribution in [0.3, 0.4) is 0 Å². The molecule has 3 aromatic carbocycles. The first-order valence-corrected chi connectivity index (χ1v) is 10.5. The smallest absolute Gasteiger partial charge is 0.379 e. The third-order valence-corrected chi connectivity index (χ3v) is 5.31. The summed E-state index contributed by atoms with van der Waals surface area (Å²) in [5.74, 6) is -1.42. The number of nitrogen functional groups attached to an aromatic ring is 1. The molecule has 1 aromatic heterocycles. The Morgan fingerprint density at radius 1 is 0.917 bits per heavy atom. The van der Waals surface area contributed by atoms with E-state index in [1.54, 1.807) is 49.5 Å². The van der Waals surface area contributed by atoms with Gasteiger partial charge in [0.2, 0.25) is 5.76 Å². The van der Waals surface area contributed by atoms with E-state index in [1.807, 2.05) is 0 Å². The Balaban J connectivity index is 0.00000361. The number of carbonyl (C=O) groups excluding carboxylic acids is 2. The number of amides is 1. The number of nitrogens with one attached hydrogen (secondary N) is 1. The molecule has 1 amide bonds. The van der Waals surface area contributed by atoms with Crippen LogP contribution in [0.2, 0.25) is 0 Å². The van der Waals surface area contributed by atoms with Gasteiger partial charge in [-0.15, -0.1) is 12.4 Å². The SMILES string of the molecule is CN(Cc1ccc(C(=O)Oc2ccc3cc(C(=N)N)ccc3c2)o1)C(=O)c1ccc(C(=O)O)cc1.Cl. The highest BCUT2D eigenvalue weighted by molar-refractivity contribution is 5.99. The maximum absolute atomic E-state index is 12.6. The van der Waals surface area contributed by atoms with E-state index in [0.29, 0.717) is 22.6 Å². The lowest BCUT2D eigenvalue weighted by Crippen LogP contribution is -2.26. The standard InChI is InChI=1S/C26H21N3O6.ClH/c1-29(24(30)15-2-4-16(5-3-15)25(31)32)14-21-10-11-22(34-21)26(33)35-20-9-8-17-12-19(23(27)28)7-6-18(17)13-20;/h2-13H,14H2,1H3,(H3,27,28)(H,31,32);1H. The van der Waals surface area contributed by atoms with Crippen LogP contribution in [0.15, 0.2) is 77.2 Å². The molecule has 0 saturated carbocycles. The predicted octanol–water partition coefficient (Wildman–Crippen LogP) is 4.33. The van der Waals surface area contributed by atoms with E-state index in [2.05, 4.69) is 0 Å². The van der Waals surface area contributed by atoms with Crippen LogP contribution in [0, 0.1) is 5.41 Å². The molecule has 36 heavy (non-hydrogen) atoms. The van der Waals surface area contributed by atoms with Crippen LogP contribution in [0.1, 0.15) is 42.6 Å². The number of furan rings is 1. The molecular formula is C26H22ClN3O6. The van der Waals surface area contributed by atoms with Gasteiger partial charge in [0.25, 0.3) is 5.91 Å². The average Bonchev–Trinajstić information content (AvgIpc) is 3.31. The number of aromatic carboxylic acids is 1. The molecule has 0 atom stereocenters. The Morgan fingerprint density at radius 3 is 2.19 bits per heavy atom. The molecule has 4 aromatic rings. The molecule has 4 N–H and O–H groups in total. The largest absolute Gasteiger partial charge is 0.478 e. The van der Waals surface area contributed by atoms with Crippen molar-refractivity contribution in [3.8, 4) is 5.75 Å². The zero-order chi connectivity index (χ0) is 25.1. The van der Waals surface area contributed by atoms with E-state index < -0.39 is 11.9 Å². The minimum atomic E-state index is -1.07. The van der Waals surface area contributed by atoms with Crippen molar-refractivity contribution in [2.45, 2.75) is 6.54 Å². The number of rotatable bonds is 7. The number of carbonyl (C=O) groups is 3. The van der Waals surface area contributed by atoms with Crippen molar-refractivity contribution in [1.82, 2.24) is 4.90 Å². The number of hydrogen-bond acceptors (Lipinski definition) is 6. The van der Waals surface area contributed by atoms with Crippen LogP contribution in [0.5, 0.6) is 5.75 Å². The van der Waals surface area contributed by atoms with Crippen molar-refractivity contribution in [2.24, 2.45) is 5.73 Å². The molecule has 4 rings (SSSR count). The number of amidine groups is 1. The molecule has 1 heterocycles. The Bertz CT molecular complexity index is 1460. The second kappa shape index (κ2) is 10.7. The number of halogens is 1. The van der Waals surface area contributed by atoms with Gasteiger partial charge >= 0.3 is 11.9 Å². The van der Waals surface area contributed by atoms with Crippen molar-refractivity contribution in [1.29, 1.82) is 5.41 Å². The maximum atomic E-state index is 12.6. The molecule has 9 nitrogen and oxygen atoms in total. The molecule has 0 fully saturated rings. The molecular weight excluding hydrogens is 486 g/mol. The van der Waals surface area contributed by atoms with Gasteiger partial charge in [-0.3, -0.25) is 10.2 Å². The molecule has 0 bridgehead atoms. The van der Waals surface area contributed by atoms with Crippen LogP contribution < -0.4 is 10.5 Å². The van der Waals surface area contributed by atoms with Crippen molar-refractivity contribution < 1.29 is 28.6 Å². The number of carboxylic acids is 1. The van der Waals surface area contributed by atoms with E-state index in [-0.39, 0.29) is 42.0 Å². The molecule has 10 heteroatoms. The molecule has 184 valence electrons. The number of hydrogen-bond donors (Lipinski definition) is 3. The van der Waals surface area contributed by atoms with Crippen LogP contribution in [0.4, 0.5) is 0 Å². The highest BCUT2D eigenvalue weighted by atomic mass is 35.5. The third kappa shape index (κ3) is 5.70. The first kappa shape index (κ1) is 26.0. The molecule has 0 radical (unpaired) electrons. The van der Waals surface area contributed by atoms with Gasteiger partial charge in [-0.2, -0.15) is 0 Å². The van der Waals surface area contributed by atoms with Crippen molar-refractivity contribution in [3.63, 3.8) is 0 Å². The zero-order valence-electron chi connectivity index (χ0n) is 19.1. The van der Waals surface area contributed by atoms with E-state index >= 15 is 0 Å². The summed E-state index contributed by atoms with van der Waals surface area (Å²) in [4.78, 5) is 37.5. The van der Waals surface area contributed by atoms with Gasteiger partial charge in [0, 0.05) is 18.2 Å². The Labute approximate surface area is 212 Å². The maximum Gasteiger partial charge on any atom is 0.379 e. The van der Waals surface area contributed by atoms with Crippen molar-refractivity contribution >= 4 is 46.9 Å². The Hall–Kier alpha value is -4.63. The number of fused-ring (bicyclic) bond motifs is 1. The first-order valence-electron chi connectivity index (χ1n) is 10.5. The summed E-state index contributed by atoms with van der Waals surface area (Å²) in [5, 5.41) is 18.2. The summed E-state index contributed by atoms with van der Waals surface area (Å²) in [7, 11) is 1.57. The second-order valence-electron chi connectivity index (χ2n) is 7.84. The van der Waals surface area contributed by atoms with Gasteiger partial charge in [-0.1, -0.05) is 18.2 Å². The molecule has 0 aliphatic rings. The number of ether oxygens (including phenoxy) is 1. The van der Waals surface area contributed by atoms with Gasteiger partial charge in [0.1, 0.15) is 17.3 Å². The van der Waals surface area contributed by atoms with Gasteiger partial charge in [0.15, 0.2) is 0 Å². The summed E-state index contributed by atoms with van der Waals surface area (Å²) < 4.78 is 11.0. The van der Waals surface area contributed by atoms with E-state index in [9.17, 15) is 14.4 Å². The number of nitrogens with zero attached hydrogens (tertiary/aromatic N) is 1. The van der Waals surface area contributed by atoms with Gasteiger partial charge in [0.05, 0.1) is 12.1 Å². The lowest BCUT2D eigenvalue weighted by atomic mass is 10.1. The number of esters is 1. The summed E-state index contributed by atoms with van der Waals surface area (Å²) in [6.45, 7) is 0.0985. The van der Waals surface area contributed by atoms with Crippen LogP contribution in [-0.2, 0) is 6.54 Å². The van der Waals surface area contributed by atoms with E-state index in [4.69, 9.17) is 25.4 Å². The monoisotopic (exact) mass is 507 g/mol. The highest BCUT2D eigenvalue weighted by Crippen LogP contribution is 2.23. The van der Waals surface area contributed by atoms with Gasteiger partial charge in [-0.05, 0) is 65.4 Å². The fraction of sp³-hybridized carbons (Fsp3) is 0.0769. The Morgan fingerprint density at radius 2 is 1.53 bits per heavy atom.